The van der Waals surface area contributed by atoms with Gasteiger partial charge in [0.15, 0.2) is 5.58 Å². The van der Waals surface area contributed by atoms with Gasteiger partial charge in [0.2, 0.25) is 0 Å². The predicted molar refractivity (Wildman–Crippen MR) is 71.8 cm³/mol. The maximum atomic E-state index is 11.2. The number of rotatable bonds is 0. The fourth-order valence-corrected chi connectivity index (χ4v) is 2.39. The Balaban J connectivity index is 2.22. The summed E-state index contributed by atoms with van der Waals surface area (Å²) < 4.78 is 5.08. The van der Waals surface area contributed by atoms with Crippen molar-refractivity contribution in [3.8, 4) is 0 Å². The van der Waals surface area contributed by atoms with E-state index in [2.05, 4.69) is 29.2 Å². The number of oxazole rings is 1. The van der Waals surface area contributed by atoms with Gasteiger partial charge in [0, 0.05) is 0 Å². The van der Waals surface area contributed by atoms with E-state index < -0.39 is 5.76 Å². The van der Waals surface area contributed by atoms with E-state index in [0.29, 0.717) is 5.58 Å². The molecule has 0 aliphatic rings. The normalized spacial score (nSPS) is 11.6. The molecule has 1 aromatic heterocycles. The van der Waals surface area contributed by atoms with Crippen LogP contribution in [0.4, 0.5) is 0 Å². The summed E-state index contributed by atoms with van der Waals surface area (Å²) in [6.07, 6.45) is 0. The molecule has 1 N–H and O–H groups in total. The Morgan fingerprint density at radius 2 is 1.50 bits per heavy atom. The Labute approximate surface area is 102 Å². The molecule has 1 heterocycles. The largest absolute Gasteiger partial charge is 0.417 e. The van der Waals surface area contributed by atoms with Gasteiger partial charge in [-0.3, -0.25) is 4.98 Å². The molecule has 0 atom stereocenters. The van der Waals surface area contributed by atoms with Crippen molar-refractivity contribution in [3.05, 3.63) is 59.1 Å². The van der Waals surface area contributed by atoms with Gasteiger partial charge in [-0.2, -0.15) is 0 Å². The minimum absolute atomic E-state index is 0.412. The van der Waals surface area contributed by atoms with Crippen LogP contribution in [-0.2, 0) is 0 Å². The zero-order chi connectivity index (χ0) is 12.1. The van der Waals surface area contributed by atoms with Crippen molar-refractivity contribution in [1.82, 2.24) is 4.98 Å². The Kier molecular flexibility index (Phi) is 1.70. The summed E-state index contributed by atoms with van der Waals surface area (Å²) in [6.45, 7) is 0. The number of nitrogens with one attached hydrogen (secondary N) is 1. The summed E-state index contributed by atoms with van der Waals surface area (Å²) >= 11 is 0. The van der Waals surface area contributed by atoms with Crippen LogP contribution in [0.5, 0.6) is 0 Å². The van der Waals surface area contributed by atoms with E-state index in [-0.39, 0.29) is 0 Å². The van der Waals surface area contributed by atoms with Gasteiger partial charge in [0.1, 0.15) is 0 Å². The molecule has 3 heteroatoms. The summed E-state index contributed by atoms with van der Waals surface area (Å²) in [7, 11) is 0. The molecule has 0 bridgehead atoms. The highest BCUT2D eigenvalue weighted by Gasteiger charge is 2.04. The van der Waals surface area contributed by atoms with Crippen molar-refractivity contribution >= 4 is 32.6 Å². The highest BCUT2D eigenvalue weighted by atomic mass is 16.4. The van der Waals surface area contributed by atoms with E-state index in [9.17, 15) is 4.79 Å². The number of hydrogen-bond donors (Lipinski definition) is 1. The Hall–Kier alpha value is -2.55. The lowest BCUT2D eigenvalue weighted by Gasteiger charge is -2.01. The molecular weight excluding hydrogens is 226 g/mol. The van der Waals surface area contributed by atoms with Gasteiger partial charge in [-0.05, 0) is 45.8 Å². The third kappa shape index (κ3) is 1.27. The lowest BCUT2D eigenvalue weighted by molar-refractivity contribution is 0.555. The Morgan fingerprint density at radius 1 is 0.833 bits per heavy atom. The second-order valence-electron chi connectivity index (χ2n) is 4.41. The highest BCUT2D eigenvalue weighted by Crippen LogP contribution is 2.26. The molecule has 4 aromatic rings. The molecular formula is C15H9NO2. The van der Waals surface area contributed by atoms with Crippen LogP contribution in [0.1, 0.15) is 0 Å². The number of aromatic nitrogens is 1. The molecule has 18 heavy (non-hydrogen) atoms. The predicted octanol–water partition coefficient (Wildman–Crippen LogP) is 3.43. The van der Waals surface area contributed by atoms with Crippen molar-refractivity contribution in [2.45, 2.75) is 0 Å². The highest BCUT2D eigenvalue weighted by molar-refractivity contribution is 6.02. The van der Waals surface area contributed by atoms with Crippen LogP contribution in [0.25, 0.3) is 32.6 Å². The van der Waals surface area contributed by atoms with Gasteiger partial charge in [0.05, 0.1) is 5.52 Å². The van der Waals surface area contributed by atoms with Gasteiger partial charge in [-0.1, -0.05) is 24.3 Å². The van der Waals surface area contributed by atoms with Gasteiger partial charge >= 0.3 is 5.76 Å². The third-order valence-corrected chi connectivity index (χ3v) is 3.24. The molecule has 86 valence electrons. The Morgan fingerprint density at radius 3 is 2.22 bits per heavy atom. The number of benzene rings is 3. The van der Waals surface area contributed by atoms with E-state index in [1.54, 1.807) is 0 Å². The number of H-pyrrole nitrogens is 1. The van der Waals surface area contributed by atoms with Gasteiger partial charge in [-0.25, -0.2) is 4.79 Å². The summed E-state index contributed by atoms with van der Waals surface area (Å²) in [5, 5.41) is 4.54. The van der Waals surface area contributed by atoms with Crippen molar-refractivity contribution in [2.24, 2.45) is 0 Å². The van der Waals surface area contributed by atoms with Crippen LogP contribution in [0.3, 0.4) is 0 Å². The monoisotopic (exact) mass is 235 g/mol. The standard InChI is InChI=1S/C15H9NO2/c17-15-16-13-7-11-5-9-3-1-2-4-10(9)6-12(11)8-14(13)18-15/h1-8H,(H,16,17). The zero-order valence-electron chi connectivity index (χ0n) is 9.44. The summed E-state index contributed by atoms with van der Waals surface area (Å²) in [5.74, 6) is -0.412. The third-order valence-electron chi connectivity index (χ3n) is 3.24. The summed E-state index contributed by atoms with van der Waals surface area (Å²) in [5.41, 5.74) is 1.34. The Bertz CT molecular complexity index is 872. The summed E-state index contributed by atoms with van der Waals surface area (Å²) in [4.78, 5) is 13.9. The van der Waals surface area contributed by atoms with Crippen LogP contribution in [-0.4, -0.2) is 4.98 Å². The average Bonchev–Trinajstić information content (AvgIpc) is 2.72. The SMILES string of the molecule is O=c1[nH]c2cc3cc4ccccc4cc3cc2o1. The molecule has 0 aliphatic carbocycles. The van der Waals surface area contributed by atoms with Crippen molar-refractivity contribution < 1.29 is 4.42 Å². The van der Waals surface area contributed by atoms with Crippen LogP contribution < -0.4 is 5.76 Å². The fraction of sp³-hybridized carbons (Fsp3) is 0. The first-order valence-corrected chi connectivity index (χ1v) is 5.75. The zero-order valence-corrected chi connectivity index (χ0v) is 9.44. The lowest BCUT2D eigenvalue weighted by Crippen LogP contribution is -1.92. The minimum Gasteiger partial charge on any atom is -0.408 e. The molecule has 3 nitrogen and oxygen atoms in total. The smallest absolute Gasteiger partial charge is 0.408 e. The number of fused-ring (bicyclic) bond motifs is 3. The van der Waals surface area contributed by atoms with Crippen molar-refractivity contribution in [3.63, 3.8) is 0 Å². The van der Waals surface area contributed by atoms with Gasteiger partial charge < -0.3 is 4.42 Å². The molecule has 0 spiro atoms. The molecule has 0 amide bonds. The van der Waals surface area contributed by atoms with Crippen LogP contribution >= 0.6 is 0 Å². The molecule has 0 fully saturated rings. The molecule has 0 aliphatic heterocycles. The maximum Gasteiger partial charge on any atom is 0.417 e. The fourth-order valence-electron chi connectivity index (χ4n) is 2.39. The van der Waals surface area contributed by atoms with E-state index in [4.69, 9.17) is 4.42 Å². The quantitative estimate of drug-likeness (QED) is 0.474. The van der Waals surface area contributed by atoms with E-state index >= 15 is 0 Å². The minimum atomic E-state index is -0.412. The van der Waals surface area contributed by atoms with Gasteiger partial charge in [0.25, 0.3) is 0 Å². The molecule has 0 saturated heterocycles. The number of hydrogen-bond acceptors (Lipinski definition) is 2. The lowest BCUT2D eigenvalue weighted by atomic mass is 10.0. The van der Waals surface area contributed by atoms with Gasteiger partial charge in [-0.15, -0.1) is 0 Å². The van der Waals surface area contributed by atoms with Crippen molar-refractivity contribution in [1.29, 1.82) is 0 Å². The first-order chi connectivity index (χ1) is 8.79. The molecule has 3 aromatic carbocycles. The second kappa shape index (κ2) is 3.23. The molecule has 4 rings (SSSR count). The van der Waals surface area contributed by atoms with E-state index in [1.165, 1.54) is 10.8 Å². The molecule has 0 saturated carbocycles. The number of aromatic amines is 1. The molecule has 0 radical (unpaired) electrons. The average molecular weight is 235 g/mol. The molecule has 0 unspecified atom stereocenters. The maximum absolute atomic E-state index is 11.2. The summed E-state index contributed by atoms with van der Waals surface area (Å²) in [6, 6.07) is 16.3. The van der Waals surface area contributed by atoms with Crippen LogP contribution in [0.2, 0.25) is 0 Å². The van der Waals surface area contributed by atoms with Crippen molar-refractivity contribution in [2.75, 3.05) is 0 Å². The first-order valence-electron chi connectivity index (χ1n) is 5.75. The first kappa shape index (κ1) is 9.48. The van der Waals surface area contributed by atoms with E-state index in [1.807, 2.05) is 24.3 Å². The topological polar surface area (TPSA) is 46.0 Å². The van der Waals surface area contributed by atoms with E-state index in [0.717, 1.165) is 16.3 Å². The van der Waals surface area contributed by atoms with Crippen LogP contribution in [0.15, 0.2) is 57.7 Å². The van der Waals surface area contributed by atoms with Crippen LogP contribution in [0, 0.1) is 0 Å². The second-order valence-corrected chi connectivity index (χ2v) is 4.41.